The Morgan fingerprint density at radius 1 is 1.12 bits per heavy atom. The molecule has 1 unspecified atom stereocenters. The smallest absolute Gasteiger partial charge is 0.328 e. The molecule has 0 heterocycles. The van der Waals surface area contributed by atoms with Crippen molar-refractivity contribution in [3.63, 3.8) is 0 Å². The fourth-order valence-corrected chi connectivity index (χ4v) is 3.55. The van der Waals surface area contributed by atoms with Crippen molar-refractivity contribution >= 4 is 39.2 Å². The largest absolute Gasteiger partial charge is 0.465 e. The Labute approximate surface area is 150 Å². The van der Waals surface area contributed by atoms with Gasteiger partial charge in [0.15, 0.2) is 0 Å². The maximum Gasteiger partial charge on any atom is 0.328 e. The number of sulfonamides is 1. The van der Waals surface area contributed by atoms with Crippen molar-refractivity contribution in [1.82, 2.24) is 4.72 Å². The van der Waals surface area contributed by atoms with E-state index in [4.69, 9.17) is 27.9 Å². The van der Waals surface area contributed by atoms with Gasteiger partial charge in [0.25, 0.3) is 0 Å². The minimum atomic E-state index is -4.00. The van der Waals surface area contributed by atoms with E-state index in [0.29, 0.717) is 5.56 Å². The van der Waals surface area contributed by atoms with Gasteiger partial charge < -0.3 is 4.74 Å². The van der Waals surface area contributed by atoms with Crippen molar-refractivity contribution in [1.29, 1.82) is 0 Å². The molecule has 0 saturated heterocycles. The van der Waals surface area contributed by atoms with Crippen LogP contribution in [0.3, 0.4) is 0 Å². The topological polar surface area (TPSA) is 72.5 Å². The Morgan fingerprint density at radius 2 is 1.79 bits per heavy atom. The number of nitrogens with one attached hydrogen (secondary N) is 1. The highest BCUT2D eigenvalue weighted by atomic mass is 35.5. The molecule has 2 rings (SSSR count). The Kier molecular flexibility index (Phi) is 6.23. The normalized spacial score (nSPS) is 12.6. The van der Waals surface area contributed by atoms with Gasteiger partial charge in [0.2, 0.25) is 10.0 Å². The molecule has 0 bridgehead atoms. The monoisotopic (exact) mass is 387 g/mol. The minimum Gasteiger partial charge on any atom is -0.465 e. The lowest BCUT2D eigenvalue weighted by Crippen LogP contribution is -2.35. The molecule has 8 heteroatoms. The van der Waals surface area contributed by atoms with Gasteiger partial charge in [0.05, 0.1) is 21.5 Å². The number of benzene rings is 2. The van der Waals surface area contributed by atoms with Gasteiger partial charge in [-0.2, -0.15) is 4.72 Å². The minimum absolute atomic E-state index is 0.0953. The van der Waals surface area contributed by atoms with Crippen molar-refractivity contribution in [3.05, 3.63) is 64.1 Å². The summed E-state index contributed by atoms with van der Waals surface area (Å²) in [5.41, 5.74) is 0.472. The highest BCUT2D eigenvalue weighted by Gasteiger charge is 2.28. The van der Waals surface area contributed by atoms with Crippen LogP contribution in [0.1, 0.15) is 18.5 Å². The van der Waals surface area contributed by atoms with E-state index >= 15 is 0 Å². The van der Waals surface area contributed by atoms with Gasteiger partial charge in [-0.1, -0.05) is 53.5 Å². The number of hydrogen-bond donors (Lipinski definition) is 1. The van der Waals surface area contributed by atoms with E-state index in [1.54, 1.807) is 37.3 Å². The maximum atomic E-state index is 12.6. The van der Waals surface area contributed by atoms with Crippen molar-refractivity contribution in [2.45, 2.75) is 17.9 Å². The first-order chi connectivity index (χ1) is 11.3. The first kappa shape index (κ1) is 18.7. The number of rotatable bonds is 6. The second kappa shape index (κ2) is 7.98. The zero-order valence-electron chi connectivity index (χ0n) is 12.7. The third-order valence-corrected chi connectivity index (χ3v) is 5.29. The first-order valence-corrected chi connectivity index (χ1v) is 9.28. The Balaban J connectivity index is 2.37. The Morgan fingerprint density at radius 3 is 2.38 bits per heavy atom. The van der Waals surface area contributed by atoms with Crippen LogP contribution in [0.15, 0.2) is 53.4 Å². The quantitative estimate of drug-likeness (QED) is 0.768. The Hall–Kier alpha value is -1.60. The molecule has 0 fully saturated rings. The lowest BCUT2D eigenvalue weighted by molar-refractivity contribution is -0.145. The Bertz CT molecular complexity index is 825. The van der Waals surface area contributed by atoms with Crippen molar-refractivity contribution in [2.75, 3.05) is 6.61 Å². The summed E-state index contributed by atoms with van der Waals surface area (Å²) in [4.78, 5) is 12.1. The molecule has 0 saturated carbocycles. The molecule has 0 spiro atoms. The summed E-state index contributed by atoms with van der Waals surface area (Å²) < 4.78 is 32.5. The molecular weight excluding hydrogens is 373 g/mol. The SMILES string of the molecule is CCOC(=O)C(NS(=O)(=O)c1ccc(Cl)c(Cl)c1)c1ccccc1. The third-order valence-electron chi connectivity index (χ3n) is 3.13. The molecule has 0 aromatic heterocycles. The van der Waals surface area contributed by atoms with Crippen LogP contribution in [0.4, 0.5) is 0 Å². The first-order valence-electron chi connectivity index (χ1n) is 7.04. The lowest BCUT2D eigenvalue weighted by Gasteiger charge is -2.18. The second-order valence-corrected chi connectivity index (χ2v) is 7.32. The summed E-state index contributed by atoms with van der Waals surface area (Å²) in [7, 11) is -4.00. The summed E-state index contributed by atoms with van der Waals surface area (Å²) in [6.45, 7) is 1.78. The zero-order chi connectivity index (χ0) is 17.7. The maximum absolute atomic E-state index is 12.6. The molecule has 0 aliphatic rings. The number of carbonyl (C=O) groups is 1. The molecular formula is C16H15Cl2NO4S. The fraction of sp³-hybridized carbons (Fsp3) is 0.188. The zero-order valence-corrected chi connectivity index (χ0v) is 15.0. The summed E-state index contributed by atoms with van der Waals surface area (Å²) in [5.74, 6) is -0.688. The number of esters is 1. The van der Waals surface area contributed by atoms with Crippen LogP contribution in [0.2, 0.25) is 10.0 Å². The predicted molar refractivity (Wildman–Crippen MR) is 92.6 cm³/mol. The van der Waals surface area contributed by atoms with Crippen LogP contribution in [-0.4, -0.2) is 21.0 Å². The van der Waals surface area contributed by atoms with Gasteiger partial charge in [-0.3, -0.25) is 0 Å². The van der Waals surface area contributed by atoms with Crippen LogP contribution >= 0.6 is 23.2 Å². The predicted octanol–water partition coefficient (Wildman–Crippen LogP) is 3.58. The number of hydrogen-bond acceptors (Lipinski definition) is 4. The van der Waals surface area contributed by atoms with Crippen molar-refractivity contribution in [3.8, 4) is 0 Å². The average Bonchev–Trinajstić information content (AvgIpc) is 2.56. The van der Waals surface area contributed by atoms with Gasteiger partial charge in [-0.25, -0.2) is 13.2 Å². The number of ether oxygens (including phenoxy) is 1. The van der Waals surface area contributed by atoms with Crippen molar-refractivity contribution < 1.29 is 17.9 Å². The van der Waals surface area contributed by atoms with E-state index in [-0.39, 0.29) is 21.5 Å². The molecule has 128 valence electrons. The summed E-state index contributed by atoms with van der Waals surface area (Å²) in [6.07, 6.45) is 0. The fourth-order valence-electron chi connectivity index (χ4n) is 1.99. The van der Waals surface area contributed by atoms with E-state index in [1.807, 2.05) is 0 Å². The standard InChI is InChI=1S/C16H15Cl2NO4S/c1-2-23-16(20)15(11-6-4-3-5-7-11)19-24(21,22)12-8-9-13(17)14(18)10-12/h3-10,15,19H,2H2,1H3. The van der Waals surface area contributed by atoms with Gasteiger partial charge in [0, 0.05) is 0 Å². The lowest BCUT2D eigenvalue weighted by atomic mass is 10.1. The van der Waals surface area contributed by atoms with Crippen LogP contribution < -0.4 is 4.72 Å². The van der Waals surface area contributed by atoms with E-state index in [2.05, 4.69) is 4.72 Å². The van der Waals surface area contributed by atoms with Crippen LogP contribution in [0, 0.1) is 0 Å². The number of carbonyl (C=O) groups excluding carboxylic acids is 1. The summed E-state index contributed by atoms with van der Waals surface area (Å²) in [6, 6.07) is 11.2. The molecule has 0 aliphatic carbocycles. The van der Waals surface area contributed by atoms with Gasteiger partial charge in [-0.05, 0) is 30.7 Å². The van der Waals surface area contributed by atoms with E-state index < -0.39 is 22.0 Å². The molecule has 2 aromatic carbocycles. The van der Waals surface area contributed by atoms with E-state index in [1.165, 1.54) is 18.2 Å². The van der Waals surface area contributed by atoms with Crippen molar-refractivity contribution in [2.24, 2.45) is 0 Å². The highest BCUT2D eigenvalue weighted by Crippen LogP contribution is 2.26. The molecule has 24 heavy (non-hydrogen) atoms. The number of halogens is 2. The second-order valence-electron chi connectivity index (χ2n) is 4.79. The van der Waals surface area contributed by atoms with Crippen LogP contribution in [0.25, 0.3) is 0 Å². The molecule has 2 aromatic rings. The molecule has 0 radical (unpaired) electrons. The molecule has 0 amide bonds. The van der Waals surface area contributed by atoms with Gasteiger partial charge in [-0.15, -0.1) is 0 Å². The third kappa shape index (κ3) is 4.48. The average molecular weight is 388 g/mol. The molecule has 5 nitrogen and oxygen atoms in total. The highest BCUT2D eigenvalue weighted by molar-refractivity contribution is 7.89. The van der Waals surface area contributed by atoms with Gasteiger partial charge >= 0.3 is 5.97 Å². The summed E-state index contributed by atoms with van der Waals surface area (Å²) in [5, 5.41) is 0.340. The summed E-state index contributed by atoms with van der Waals surface area (Å²) >= 11 is 11.7. The van der Waals surface area contributed by atoms with Gasteiger partial charge in [0.1, 0.15) is 6.04 Å². The molecule has 0 aliphatic heterocycles. The molecule has 1 N–H and O–H groups in total. The van der Waals surface area contributed by atoms with E-state index in [0.717, 1.165) is 0 Å². The van der Waals surface area contributed by atoms with E-state index in [9.17, 15) is 13.2 Å². The van der Waals surface area contributed by atoms with Crippen LogP contribution in [0.5, 0.6) is 0 Å². The van der Waals surface area contributed by atoms with Crippen LogP contribution in [-0.2, 0) is 19.6 Å². The molecule has 1 atom stereocenters.